The van der Waals surface area contributed by atoms with Crippen LogP contribution in [-0.2, 0) is 0 Å². The number of fused-ring (bicyclic) bond motifs is 6. The minimum Gasteiger partial charge on any atom is -0.456 e. The fourth-order valence-corrected chi connectivity index (χ4v) is 8.50. The molecule has 0 saturated carbocycles. The molecule has 2 heterocycles. The molecule has 0 spiro atoms. The normalized spacial score (nSPS) is 11.5. The molecule has 3 nitrogen and oxygen atoms in total. The van der Waals surface area contributed by atoms with Crippen LogP contribution in [0.4, 0.5) is 17.1 Å². The van der Waals surface area contributed by atoms with Crippen LogP contribution in [0.15, 0.2) is 221 Å². The van der Waals surface area contributed by atoms with E-state index in [0.717, 1.165) is 83.2 Å². The van der Waals surface area contributed by atoms with E-state index in [4.69, 9.17) is 8.83 Å². The van der Waals surface area contributed by atoms with Crippen molar-refractivity contribution < 1.29 is 8.83 Å². The Labute approximate surface area is 330 Å². The van der Waals surface area contributed by atoms with E-state index in [1.165, 1.54) is 22.3 Å². The van der Waals surface area contributed by atoms with Gasteiger partial charge < -0.3 is 13.7 Å². The minimum atomic E-state index is 0.862. The van der Waals surface area contributed by atoms with Crippen LogP contribution >= 0.6 is 0 Å². The number of anilines is 3. The summed E-state index contributed by atoms with van der Waals surface area (Å²) >= 11 is 0. The predicted octanol–water partition coefficient (Wildman–Crippen LogP) is 15.6. The van der Waals surface area contributed by atoms with Crippen molar-refractivity contribution in [2.75, 3.05) is 4.90 Å². The van der Waals surface area contributed by atoms with Gasteiger partial charge in [0, 0.05) is 44.0 Å². The summed E-state index contributed by atoms with van der Waals surface area (Å²) in [6.45, 7) is 0. The van der Waals surface area contributed by atoms with Gasteiger partial charge in [-0.15, -0.1) is 0 Å². The molecule has 0 unspecified atom stereocenters. The Hall–Kier alpha value is -7.62. The average Bonchev–Trinajstić information content (AvgIpc) is 3.86. The number of benzene rings is 9. The standard InChI is InChI=1S/C54H35NO2/c1-2-16-36(17-3-1)40-20-4-5-21-42(40)43-22-6-7-23-44(43)45-24-8-11-29-50(45)55(39-32-33-53-49(35-39)47-26-10-12-30-51(47)56-53)38-19-14-18-37(34-38)41-27-15-28-48-46-25-9-13-31-52(46)57-54(41)48/h1-35H. The van der Waals surface area contributed by atoms with Crippen LogP contribution in [0.5, 0.6) is 0 Å². The summed E-state index contributed by atoms with van der Waals surface area (Å²) in [6.07, 6.45) is 0. The first-order chi connectivity index (χ1) is 28.3. The van der Waals surface area contributed by atoms with Gasteiger partial charge in [-0.3, -0.25) is 0 Å². The van der Waals surface area contributed by atoms with Crippen molar-refractivity contribution in [3.8, 4) is 44.5 Å². The lowest BCUT2D eigenvalue weighted by Crippen LogP contribution is -2.11. The number of furan rings is 2. The summed E-state index contributed by atoms with van der Waals surface area (Å²) in [6, 6.07) is 75.2. The molecule has 0 bridgehead atoms. The highest BCUT2D eigenvalue weighted by Crippen LogP contribution is 2.47. The van der Waals surface area contributed by atoms with Crippen LogP contribution in [-0.4, -0.2) is 0 Å². The van der Waals surface area contributed by atoms with Crippen molar-refractivity contribution in [3.05, 3.63) is 212 Å². The molecule has 0 radical (unpaired) electrons. The molecule has 0 saturated heterocycles. The zero-order chi connectivity index (χ0) is 37.7. The van der Waals surface area contributed by atoms with Crippen molar-refractivity contribution in [1.82, 2.24) is 0 Å². The van der Waals surface area contributed by atoms with Crippen molar-refractivity contribution in [1.29, 1.82) is 0 Å². The smallest absolute Gasteiger partial charge is 0.143 e. The number of hydrogen-bond acceptors (Lipinski definition) is 3. The molecule has 0 N–H and O–H groups in total. The largest absolute Gasteiger partial charge is 0.456 e. The molecule has 0 amide bonds. The molecule has 3 heteroatoms. The Morgan fingerprint density at radius 3 is 1.58 bits per heavy atom. The molecule has 0 fully saturated rings. The van der Waals surface area contributed by atoms with Gasteiger partial charge in [-0.05, 0) is 81.9 Å². The topological polar surface area (TPSA) is 29.5 Å². The van der Waals surface area contributed by atoms with Crippen LogP contribution < -0.4 is 4.90 Å². The first kappa shape index (κ1) is 32.8. The van der Waals surface area contributed by atoms with E-state index in [2.05, 4.69) is 193 Å². The molecule has 57 heavy (non-hydrogen) atoms. The average molecular weight is 730 g/mol. The lowest BCUT2D eigenvalue weighted by molar-refractivity contribution is 0.669. The second kappa shape index (κ2) is 13.6. The quantitative estimate of drug-likeness (QED) is 0.164. The van der Waals surface area contributed by atoms with Gasteiger partial charge in [0.25, 0.3) is 0 Å². The van der Waals surface area contributed by atoms with E-state index >= 15 is 0 Å². The van der Waals surface area contributed by atoms with E-state index in [1.54, 1.807) is 0 Å². The van der Waals surface area contributed by atoms with Crippen molar-refractivity contribution in [3.63, 3.8) is 0 Å². The van der Waals surface area contributed by atoms with E-state index in [-0.39, 0.29) is 0 Å². The summed E-state index contributed by atoms with van der Waals surface area (Å²) in [5.74, 6) is 0. The van der Waals surface area contributed by atoms with E-state index in [0.29, 0.717) is 0 Å². The molecule has 0 aliphatic heterocycles. The summed E-state index contributed by atoms with van der Waals surface area (Å²) in [7, 11) is 0. The van der Waals surface area contributed by atoms with Gasteiger partial charge in [0.1, 0.15) is 22.3 Å². The second-order valence-corrected chi connectivity index (χ2v) is 14.4. The van der Waals surface area contributed by atoms with Crippen LogP contribution in [0, 0.1) is 0 Å². The van der Waals surface area contributed by atoms with Crippen LogP contribution in [0.25, 0.3) is 88.4 Å². The highest BCUT2D eigenvalue weighted by atomic mass is 16.3. The zero-order valence-electron chi connectivity index (χ0n) is 31.0. The third-order valence-electron chi connectivity index (χ3n) is 11.1. The van der Waals surface area contributed by atoms with Gasteiger partial charge in [-0.2, -0.15) is 0 Å². The maximum absolute atomic E-state index is 6.54. The summed E-state index contributed by atoms with van der Waals surface area (Å²) in [5, 5.41) is 4.40. The van der Waals surface area contributed by atoms with Gasteiger partial charge in [-0.25, -0.2) is 0 Å². The lowest BCUT2D eigenvalue weighted by Gasteiger charge is -2.29. The molecule has 11 aromatic rings. The van der Waals surface area contributed by atoms with Gasteiger partial charge in [0.15, 0.2) is 0 Å². The molecular weight excluding hydrogens is 695 g/mol. The van der Waals surface area contributed by atoms with Gasteiger partial charge in [0.05, 0.1) is 5.69 Å². The fraction of sp³-hybridized carbons (Fsp3) is 0. The van der Waals surface area contributed by atoms with Crippen molar-refractivity contribution in [2.24, 2.45) is 0 Å². The summed E-state index contributed by atoms with van der Waals surface area (Å²) in [4.78, 5) is 2.39. The Bertz CT molecular complexity index is 3260. The van der Waals surface area contributed by atoms with Gasteiger partial charge in [-0.1, -0.05) is 164 Å². The first-order valence-electron chi connectivity index (χ1n) is 19.3. The molecule has 0 aliphatic rings. The SMILES string of the molecule is c1ccc(-c2ccccc2-c2ccccc2-c2ccccc2N(c2cccc(-c3cccc4c3oc3ccccc34)c2)c2ccc3oc4ccccc4c3c2)cc1. The number of hydrogen-bond donors (Lipinski definition) is 0. The molecule has 2 aromatic heterocycles. The molecule has 9 aromatic carbocycles. The Morgan fingerprint density at radius 1 is 0.281 bits per heavy atom. The van der Waals surface area contributed by atoms with Gasteiger partial charge in [0.2, 0.25) is 0 Å². The van der Waals surface area contributed by atoms with Gasteiger partial charge >= 0.3 is 0 Å². The molecule has 268 valence electrons. The number of nitrogens with zero attached hydrogens (tertiary/aromatic N) is 1. The maximum Gasteiger partial charge on any atom is 0.143 e. The first-order valence-corrected chi connectivity index (χ1v) is 19.3. The molecule has 0 aliphatic carbocycles. The monoisotopic (exact) mass is 729 g/mol. The minimum absolute atomic E-state index is 0.862. The third kappa shape index (κ3) is 5.60. The lowest BCUT2D eigenvalue weighted by atomic mass is 9.88. The highest BCUT2D eigenvalue weighted by molar-refractivity contribution is 6.10. The molecule has 11 rings (SSSR count). The van der Waals surface area contributed by atoms with E-state index in [9.17, 15) is 0 Å². The summed E-state index contributed by atoms with van der Waals surface area (Å²) in [5.41, 5.74) is 15.8. The van der Waals surface area contributed by atoms with E-state index < -0.39 is 0 Å². The Balaban J connectivity index is 1.14. The number of para-hydroxylation sites is 4. The van der Waals surface area contributed by atoms with Crippen molar-refractivity contribution in [2.45, 2.75) is 0 Å². The van der Waals surface area contributed by atoms with Crippen LogP contribution in [0.2, 0.25) is 0 Å². The van der Waals surface area contributed by atoms with E-state index in [1.807, 2.05) is 24.3 Å². The predicted molar refractivity (Wildman–Crippen MR) is 237 cm³/mol. The second-order valence-electron chi connectivity index (χ2n) is 14.4. The third-order valence-corrected chi connectivity index (χ3v) is 11.1. The van der Waals surface area contributed by atoms with Crippen LogP contribution in [0.3, 0.4) is 0 Å². The van der Waals surface area contributed by atoms with Crippen LogP contribution in [0.1, 0.15) is 0 Å². The zero-order valence-corrected chi connectivity index (χ0v) is 31.0. The highest BCUT2D eigenvalue weighted by Gasteiger charge is 2.22. The summed E-state index contributed by atoms with van der Waals surface area (Å²) < 4.78 is 12.9. The Morgan fingerprint density at radius 2 is 0.789 bits per heavy atom. The Kier molecular flexibility index (Phi) is 7.82. The van der Waals surface area contributed by atoms with Crippen molar-refractivity contribution >= 4 is 60.9 Å². The number of rotatable bonds is 7. The molecular formula is C54H35NO2. The fourth-order valence-electron chi connectivity index (χ4n) is 8.50. The maximum atomic E-state index is 6.54. The molecule has 0 atom stereocenters.